The highest BCUT2D eigenvalue weighted by molar-refractivity contribution is 5.73. The summed E-state index contributed by atoms with van der Waals surface area (Å²) in [5, 5.41) is 7.75. The third-order valence-electron chi connectivity index (χ3n) is 4.70. The second-order valence-electron chi connectivity index (χ2n) is 6.19. The van der Waals surface area contributed by atoms with Gasteiger partial charge in [-0.3, -0.25) is 15.8 Å². The number of benzene rings is 1. The van der Waals surface area contributed by atoms with Gasteiger partial charge in [-0.1, -0.05) is 6.07 Å². The maximum atomic E-state index is 4.75. The van der Waals surface area contributed by atoms with Crippen LogP contribution in [0.1, 0.15) is 26.3 Å². The average Bonchev–Trinajstić information content (AvgIpc) is 3.04. The first-order valence-corrected chi connectivity index (χ1v) is 7.48. The summed E-state index contributed by atoms with van der Waals surface area (Å²) in [6.07, 6.45) is 0. The van der Waals surface area contributed by atoms with Gasteiger partial charge in [0.15, 0.2) is 0 Å². The average molecular weight is 289 g/mol. The van der Waals surface area contributed by atoms with E-state index in [4.69, 9.17) is 4.63 Å². The minimum atomic E-state index is 0.472. The van der Waals surface area contributed by atoms with Crippen molar-refractivity contribution in [3.8, 4) is 0 Å². The Bertz CT molecular complexity index is 603. The van der Waals surface area contributed by atoms with Crippen LogP contribution in [0.25, 0.3) is 11.0 Å². The Morgan fingerprint density at radius 2 is 1.86 bits per heavy atom. The molecule has 3 unspecified atom stereocenters. The molecule has 114 valence electrons. The molecule has 1 aromatic heterocycles. The SMILES string of the molecule is CC1NNC(C)C1C(C)N(C)Cc1ccc2nonc2c1. The van der Waals surface area contributed by atoms with Gasteiger partial charge in [-0.05, 0) is 55.8 Å². The van der Waals surface area contributed by atoms with Crippen LogP contribution in [0.4, 0.5) is 0 Å². The Hall–Kier alpha value is -1.50. The molecule has 2 N–H and O–H groups in total. The van der Waals surface area contributed by atoms with Crippen molar-refractivity contribution in [3.05, 3.63) is 23.8 Å². The molecule has 6 nitrogen and oxygen atoms in total. The lowest BCUT2D eigenvalue weighted by Crippen LogP contribution is -2.43. The van der Waals surface area contributed by atoms with E-state index in [-0.39, 0.29) is 0 Å². The van der Waals surface area contributed by atoms with E-state index in [9.17, 15) is 0 Å². The Kier molecular flexibility index (Phi) is 3.93. The van der Waals surface area contributed by atoms with Gasteiger partial charge in [0.25, 0.3) is 0 Å². The van der Waals surface area contributed by atoms with Crippen molar-refractivity contribution in [3.63, 3.8) is 0 Å². The van der Waals surface area contributed by atoms with E-state index >= 15 is 0 Å². The van der Waals surface area contributed by atoms with Crippen LogP contribution in [0.2, 0.25) is 0 Å². The molecule has 0 bridgehead atoms. The van der Waals surface area contributed by atoms with Crippen molar-refractivity contribution in [2.45, 2.75) is 45.4 Å². The molecule has 1 aliphatic rings. The molecule has 0 radical (unpaired) electrons. The maximum Gasteiger partial charge on any atom is 0.135 e. The molecular weight excluding hydrogens is 266 g/mol. The quantitative estimate of drug-likeness (QED) is 0.890. The highest BCUT2D eigenvalue weighted by atomic mass is 16.6. The van der Waals surface area contributed by atoms with E-state index in [1.807, 2.05) is 12.1 Å². The molecule has 0 saturated carbocycles. The molecule has 2 heterocycles. The summed E-state index contributed by atoms with van der Waals surface area (Å²) in [7, 11) is 2.17. The van der Waals surface area contributed by atoms with Gasteiger partial charge in [0.1, 0.15) is 11.0 Å². The molecule has 1 saturated heterocycles. The van der Waals surface area contributed by atoms with Crippen molar-refractivity contribution in [2.75, 3.05) is 7.05 Å². The van der Waals surface area contributed by atoms with Crippen LogP contribution >= 0.6 is 0 Å². The van der Waals surface area contributed by atoms with Gasteiger partial charge in [0.05, 0.1) is 0 Å². The second kappa shape index (κ2) is 5.71. The molecule has 0 aliphatic carbocycles. The fourth-order valence-electron chi connectivity index (χ4n) is 3.38. The second-order valence-corrected chi connectivity index (χ2v) is 6.19. The van der Waals surface area contributed by atoms with Crippen molar-refractivity contribution in [1.29, 1.82) is 0 Å². The van der Waals surface area contributed by atoms with Gasteiger partial charge in [0, 0.05) is 30.6 Å². The molecular formula is C15H23N5O. The first-order valence-electron chi connectivity index (χ1n) is 7.48. The monoisotopic (exact) mass is 289 g/mol. The van der Waals surface area contributed by atoms with E-state index in [1.54, 1.807) is 0 Å². The zero-order valence-electron chi connectivity index (χ0n) is 13.0. The van der Waals surface area contributed by atoms with E-state index in [1.165, 1.54) is 5.56 Å². The van der Waals surface area contributed by atoms with Gasteiger partial charge >= 0.3 is 0 Å². The minimum Gasteiger partial charge on any atom is -0.299 e. The Balaban J connectivity index is 1.71. The highest BCUT2D eigenvalue weighted by Gasteiger charge is 2.35. The molecule has 0 spiro atoms. The maximum absolute atomic E-state index is 4.75. The summed E-state index contributed by atoms with van der Waals surface area (Å²) in [6, 6.07) is 7.52. The lowest BCUT2D eigenvalue weighted by atomic mass is 9.88. The number of rotatable bonds is 4. The fourth-order valence-corrected chi connectivity index (χ4v) is 3.38. The van der Waals surface area contributed by atoms with Gasteiger partial charge in [0.2, 0.25) is 0 Å². The summed E-state index contributed by atoms with van der Waals surface area (Å²) >= 11 is 0. The molecule has 21 heavy (non-hydrogen) atoms. The van der Waals surface area contributed by atoms with E-state index < -0.39 is 0 Å². The molecule has 3 rings (SSSR count). The molecule has 1 fully saturated rings. The lowest BCUT2D eigenvalue weighted by Gasteiger charge is -2.33. The van der Waals surface area contributed by atoms with Crippen LogP contribution in [0.15, 0.2) is 22.8 Å². The van der Waals surface area contributed by atoms with Gasteiger partial charge in [-0.25, -0.2) is 4.63 Å². The minimum absolute atomic E-state index is 0.472. The summed E-state index contributed by atoms with van der Waals surface area (Å²) in [6.45, 7) is 7.65. The molecule has 6 heteroatoms. The molecule has 0 amide bonds. The number of aromatic nitrogens is 2. The Morgan fingerprint density at radius 1 is 1.19 bits per heavy atom. The topological polar surface area (TPSA) is 66.2 Å². The first kappa shape index (κ1) is 14.4. The molecule has 3 atom stereocenters. The van der Waals surface area contributed by atoms with Crippen LogP contribution in [0.5, 0.6) is 0 Å². The molecule has 1 aliphatic heterocycles. The number of nitrogens with one attached hydrogen (secondary N) is 2. The largest absolute Gasteiger partial charge is 0.299 e. The van der Waals surface area contributed by atoms with Crippen LogP contribution in [0.3, 0.4) is 0 Å². The number of fused-ring (bicyclic) bond motifs is 1. The van der Waals surface area contributed by atoms with E-state index in [2.05, 4.69) is 60.0 Å². The summed E-state index contributed by atoms with van der Waals surface area (Å²) in [4.78, 5) is 2.39. The third-order valence-corrected chi connectivity index (χ3v) is 4.70. The summed E-state index contributed by atoms with van der Waals surface area (Å²) in [5.74, 6) is 0.576. The van der Waals surface area contributed by atoms with E-state index in [0.717, 1.165) is 17.6 Å². The van der Waals surface area contributed by atoms with Crippen LogP contribution in [-0.4, -0.2) is 40.4 Å². The van der Waals surface area contributed by atoms with Gasteiger partial charge < -0.3 is 0 Å². The Labute approximate surface area is 124 Å². The molecule has 1 aromatic carbocycles. The normalized spacial score (nSPS) is 27.6. The predicted octanol–water partition coefficient (Wildman–Crippen LogP) is 1.54. The van der Waals surface area contributed by atoms with Crippen molar-refractivity contribution < 1.29 is 4.63 Å². The van der Waals surface area contributed by atoms with Crippen molar-refractivity contribution >= 4 is 11.0 Å². The zero-order valence-corrected chi connectivity index (χ0v) is 13.0. The number of hydrogen-bond donors (Lipinski definition) is 2. The third kappa shape index (κ3) is 2.79. The molecule has 2 aromatic rings. The first-order chi connectivity index (χ1) is 10.1. The number of hydrogen-bond acceptors (Lipinski definition) is 6. The van der Waals surface area contributed by atoms with Crippen LogP contribution in [0, 0.1) is 5.92 Å². The number of nitrogens with zero attached hydrogens (tertiary/aromatic N) is 3. The summed E-state index contributed by atoms with van der Waals surface area (Å²) < 4.78 is 4.75. The Morgan fingerprint density at radius 3 is 2.57 bits per heavy atom. The number of hydrazine groups is 1. The smallest absolute Gasteiger partial charge is 0.135 e. The van der Waals surface area contributed by atoms with Crippen molar-refractivity contribution in [2.24, 2.45) is 5.92 Å². The van der Waals surface area contributed by atoms with Crippen molar-refractivity contribution in [1.82, 2.24) is 26.1 Å². The van der Waals surface area contributed by atoms with Crippen LogP contribution < -0.4 is 10.9 Å². The fraction of sp³-hybridized carbons (Fsp3) is 0.600. The van der Waals surface area contributed by atoms with Gasteiger partial charge in [-0.2, -0.15) is 0 Å². The standard InChI is InChI=1S/C15H23N5O/c1-9-15(10(2)17-16-9)11(3)20(4)8-12-5-6-13-14(7-12)19-21-18-13/h5-7,9-11,15-17H,8H2,1-4H3. The zero-order chi connectivity index (χ0) is 15.0. The predicted molar refractivity (Wildman–Crippen MR) is 81.4 cm³/mol. The lowest BCUT2D eigenvalue weighted by molar-refractivity contribution is 0.166. The highest BCUT2D eigenvalue weighted by Crippen LogP contribution is 2.23. The van der Waals surface area contributed by atoms with Crippen LogP contribution in [-0.2, 0) is 6.54 Å². The summed E-state index contributed by atoms with van der Waals surface area (Å²) in [5.41, 5.74) is 9.52. The van der Waals surface area contributed by atoms with E-state index in [0.29, 0.717) is 24.0 Å². The van der Waals surface area contributed by atoms with Gasteiger partial charge in [-0.15, -0.1) is 0 Å².